The number of likely N-dealkylation sites (tertiary alicyclic amines) is 1. The van der Waals surface area contributed by atoms with Gasteiger partial charge in [-0.2, -0.15) is 5.10 Å². The van der Waals surface area contributed by atoms with Crippen LogP contribution in [-0.2, 0) is 11.2 Å². The van der Waals surface area contributed by atoms with Crippen molar-refractivity contribution in [2.45, 2.75) is 37.6 Å². The van der Waals surface area contributed by atoms with Crippen molar-refractivity contribution in [3.8, 4) is 5.75 Å². The number of anilines is 1. The number of benzene rings is 1. The second-order valence-electron chi connectivity index (χ2n) is 7.88. The average molecular weight is 409 g/mol. The van der Waals surface area contributed by atoms with Gasteiger partial charge in [-0.05, 0) is 43.4 Å². The fourth-order valence-corrected chi connectivity index (χ4v) is 4.49. The number of nitrogen functional groups attached to an aromatic ring is 1. The minimum absolute atomic E-state index is 0.0331. The molecule has 0 aliphatic carbocycles. The van der Waals surface area contributed by atoms with Crippen LogP contribution in [0.5, 0.6) is 5.75 Å². The number of rotatable bonds is 4. The molecule has 2 aliphatic heterocycles. The lowest BCUT2D eigenvalue weighted by Gasteiger charge is -2.32. The maximum absolute atomic E-state index is 12.3. The Morgan fingerprint density at radius 3 is 2.83 bits per heavy atom. The van der Waals surface area contributed by atoms with E-state index in [1.165, 1.54) is 6.08 Å². The molecule has 1 aromatic heterocycles. The van der Waals surface area contributed by atoms with Gasteiger partial charge in [0.05, 0.1) is 18.3 Å². The number of fused-ring (bicyclic) bond motifs is 1. The Morgan fingerprint density at radius 2 is 2.07 bits per heavy atom. The number of nitrogens with two attached hydrogens (primary N) is 2. The number of hydrogen-bond acceptors (Lipinski definition) is 5. The van der Waals surface area contributed by atoms with E-state index in [-0.39, 0.29) is 29.2 Å². The molecule has 2 atom stereocenters. The number of ether oxygens (including phenoxy) is 1. The van der Waals surface area contributed by atoms with Gasteiger partial charge in [-0.1, -0.05) is 24.8 Å². The highest BCUT2D eigenvalue weighted by Crippen LogP contribution is 2.36. The first-order valence-corrected chi connectivity index (χ1v) is 10.3. The summed E-state index contributed by atoms with van der Waals surface area (Å²) in [6, 6.07) is 7.79. The molecule has 30 heavy (non-hydrogen) atoms. The summed E-state index contributed by atoms with van der Waals surface area (Å²) in [7, 11) is 0. The number of primary amides is 1. The lowest BCUT2D eigenvalue weighted by Crippen LogP contribution is -2.40. The molecule has 2 aliphatic rings. The number of nitrogens with zero attached hydrogens (tertiary/aromatic N) is 3. The van der Waals surface area contributed by atoms with E-state index in [2.05, 4.69) is 6.58 Å². The van der Waals surface area contributed by atoms with E-state index in [9.17, 15) is 9.59 Å². The Labute approximate surface area is 175 Å². The van der Waals surface area contributed by atoms with E-state index < -0.39 is 5.91 Å². The van der Waals surface area contributed by atoms with Crippen molar-refractivity contribution >= 4 is 17.6 Å². The molecule has 158 valence electrons. The SMILES string of the molecule is C=CC(=O)N1CCC[C@@H](n2nc(C3CCOc4ccccc4C3)c(C(N)=O)c2N)C1. The Morgan fingerprint density at radius 1 is 1.27 bits per heavy atom. The molecule has 1 aromatic carbocycles. The smallest absolute Gasteiger partial charge is 0.254 e. The predicted octanol–water partition coefficient (Wildman–Crippen LogP) is 2.02. The van der Waals surface area contributed by atoms with Gasteiger partial charge in [0.15, 0.2) is 0 Å². The molecule has 3 heterocycles. The van der Waals surface area contributed by atoms with Crippen LogP contribution in [0, 0.1) is 0 Å². The van der Waals surface area contributed by atoms with Crippen LogP contribution in [-0.4, -0.2) is 46.2 Å². The zero-order valence-electron chi connectivity index (χ0n) is 16.9. The van der Waals surface area contributed by atoms with Crippen LogP contribution >= 0.6 is 0 Å². The van der Waals surface area contributed by atoms with Gasteiger partial charge in [-0.15, -0.1) is 0 Å². The van der Waals surface area contributed by atoms with Crippen LogP contribution in [0.15, 0.2) is 36.9 Å². The van der Waals surface area contributed by atoms with Gasteiger partial charge in [0, 0.05) is 19.0 Å². The van der Waals surface area contributed by atoms with E-state index in [4.69, 9.17) is 21.3 Å². The summed E-state index contributed by atoms with van der Waals surface area (Å²) in [5.74, 6) is 0.405. The number of hydrogen-bond donors (Lipinski definition) is 2. The second-order valence-corrected chi connectivity index (χ2v) is 7.88. The number of carbonyl (C=O) groups excluding carboxylic acids is 2. The molecule has 0 saturated carbocycles. The molecule has 1 saturated heterocycles. The molecule has 8 nitrogen and oxygen atoms in total. The molecule has 4 rings (SSSR count). The van der Waals surface area contributed by atoms with E-state index >= 15 is 0 Å². The molecular formula is C22H27N5O3. The van der Waals surface area contributed by atoms with Crippen LogP contribution in [0.4, 0.5) is 5.82 Å². The summed E-state index contributed by atoms with van der Waals surface area (Å²) in [5, 5.41) is 4.78. The molecule has 1 fully saturated rings. The van der Waals surface area contributed by atoms with Gasteiger partial charge >= 0.3 is 0 Å². The monoisotopic (exact) mass is 409 g/mol. The summed E-state index contributed by atoms with van der Waals surface area (Å²) in [6.45, 7) is 5.25. The number of piperidine rings is 1. The number of amides is 2. The summed E-state index contributed by atoms with van der Waals surface area (Å²) in [5.41, 5.74) is 14.1. The predicted molar refractivity (Wildman–Crippen MR) is 113 cm³/mol. The van der Waals surface area contributed by atoms with E-state index in [1.54, 1.807) is 9.58 Å². The average Bonchev–Trinajstić information content (AvgIpc) is 2.96. The van der Waals surface area contributed by atoms with Crippen molar-refractivity contribution in [1.29, 1.82) is 0 Å². The lowest BCUT2D eigenvalue weighted by molar-refractivity contribution is -0.127. The number of carbonyl (C=O) groups is 2. The zero-order chi connectivity index (χ0) is 21.3. The fourth-order valence-electron chi connectivity index (χ4n) is 4.49. The molecular weight excluding hydrogens is 382 g/mol. The maximum atomic E-state index is 12.3. The molecule has 2 aromatic rings. The van der Waals surface area contributed by atoms with E-state index in [0.717, 1.165) is 24.2 Å². The Bertz CT molecular complexity index is 983. The van der Waals surface area contributed by atoms with Gasteiger partial charge in [0.1, 0.15) is 17.1 Å². The lowest BCUT2D eigenvalue weighted by atomic mass is 9.91. The van der Waals surface area contributed by atoms with Gasteiger partial charge in [0.25, 0.3) is 5.91 Å². The van der Waals surface area contributed by atoms with Crippen LogP contribution < -0.4 is 16.2 Å². The van der Waals surface area contributed by atoms with Crippen molar-refractivity contribution in [2.24, 2.45) is 5.73 Å². The third-order valence-electron chi connectivity index (χ3n) is 6.00. The number of para-hydroxylation sites is 1. The fraction of sp³-hybridized carbons (Fsp3) is 0.409. The summed E-state index contributed by atoms with van der Waals surface area (Å²) in [6.07, 6.45) is 4.37. The van der Waals surface area contributed by atoms with Gasteiger partial charge < -0.3 is 21.1 Å². The molecule has 4 N–H and O–H groups in total. The largest absolute Gasteiger partial charge is 0.493 e. The second kappa shape index (κ2) is 8.22. The minimum atomic E-state index is -0.581. The highest BCUT2D eigenvalue weighted by atomic mass is 16.5. The standard InChI is InChI=1S/C22H27N5O3/c1-2-18(28)26-10-5-7-16(13-26)27-21(23)19(22(24)29)20(25-27)15-9-11-30-17-8-4-3-6-14(17)12-15/h2-4,6,8,15-16H,1,5,7,9-13,23H2,(H2,24,29)/t15?,16-/m1/s1. The Kier molecular flexibility index (Phi) is 5.48. The quantitative estimate of drug-likeness (QED) is 0.750. The van der Waals surface area contributed by atoms with Gasteiger partial charge in [-0.3, -0.25) is 9.59 Å². The topological polar surface area (TPSA) is 116 Å². The maximum Gasteiger partial charge on any atom is 0.254 e. The first-order valence-electron chi connectivity index (χ1n) is 10.3. The summed E-state index contributed by atoms with van der Waals surface area (Å²) in [4.78, 5) is 26.1. The Hall–Kier alpha value is -3.29. The van der Waals surface area contributed by atoms with Crippen LogP contribution in [0.3, 0.4) is 0 Å². The van der Waals surface area contributed by atoms with Gasteiger partial charge in [-0.25, -0.2) is 4.68 Å². The van der Waals surface area contributed by atoms with Crippen LogP contribution in [0.25, 0.3) is 0 Å². The van der Waals surface area contributed by atoms with E-state index in [0.29, 0.717) is 38.2 Å². The number of aromatic nitrogens is 2. The first-order chi connectivity index (χ1) is 14.5. The minimum Gasteiger partial charge on any atom is -0.493 e. The van der Waals surface area contributed by atoms with Crippen LogP contribution in [0.2, 0.25) is 0 Å². The molecule has 2 amide bonds. The van der Waals surface area contributed by atoms with Crippen molar-refractivity contribution in [3.05, 3.63) is 53.7 Å². The third kappa shape index (κ3) is 3.65. The van der Waals surface area contributed by atoms with Crippen molar-refractivity contribution in [3.63, 3.8) is 0 Å². The molecule has 0 bridgehead atoms. The molecule has 8 heteroatoms. The highest BCUT2D eigenvalue weighted by Gasteiger charge is 2.32. The normalized spacial score (nSPS) is 21.3. The molecule has 0 spiro atoms. The molecule has 1 unspecified atom stereocenters. The van der Waals surface area contributed by atoms with Crippen molar-refractivity contribution < 1.29 is 14.3 Å². The van der Waals surface area contributed by atoms with Gasteiger partial charge in [0.2, 0.25) is 5.91 Å². The summed E-state index contributed by atoms with van der Waals surface area (Å²) < 4.78 is 7.56. The summed E-state index contributed by atoms with van der Waals surface area (Å²) >= 11 is 0. The van der Waals surface area contributed by atoms with E-state index in [1.807, 2.05) is 24.3 Å². The van der Waals surface area contributed by atoms with Crippen molar-refractivity contribution in [1.82, 2.24) is 14.7 Å². The molecule has 0 radical (unpaired) electrons. The first kappa shape index (κ1) is 20.0. The zero-order valence-corrected chi connectivity index (χ0v) is 16.9. The van der Waals surface area contributed by atoms with Crippen LogP contribution in [0.1, 0.15) is 52.8 Å². The third-order valence-corrected chi connectivity index (χ3v) is 6.00. The highest BCUT2D eigenvalue weighted by molar-refractivity contribution is 5.98. The van der Waals surface area contributed by atoms with Crippen molar-refractivity contribution in [2.75, 3.05) is 25.4 Å². The Balaban J connectivity index is 1.68.